The summed E-state index contributed by atoms with van der Waals surface area (Å²) in [5.74, 6) is 1.78. The van der Waals surface area contributed by atoms with E-state index >= 15 is 0 Å². The van der Waals surface area contributed by atoms with E-state index in [0.717, 1.165) is 18.8 Å². The van der Waals surface area contributed by atoms with E-state index in [9.17, 15) is 0 Å². The minimum absolute atomic E-state index is 0.168. The molecule has 0 radical (unpaired) electrons. The maximum atomic E-state index is 6.02. The van der Waals surface area contributed by atoms with Crippen molar-refractivity contribution in [2.75, 3.05) is 11.9 Å². The highest BCUT2D eigenvalue weighted by atomic mass is 35.5. The van der Waals surface area contributed by atoms with Gasteiger partial charge in [-0.2, -0.15) is 24.7 Å². The predicted molar refractivity (Wildman–Crippen MR) is 79.6 cm³/mol. The Bertz CT molecular complexity index is 593. The Kier molecular flexibility index (Phi) is 4.01. The zero-order valence-corrected chi connectivity index (χ0v) is 12.9. The Morgan fingerprint density at radius 3 is 2.62 bits per heavy atom. The number of rotatable bonds is 3. The molecule has 0 saturated heterocycles. The van der Waals surface area contributed by atoms with Gasteiger partial charge in [-0.05, 0) is 43.2 Å². The summed E-state index contributed by atoms with van der Waals surface area (Å²) < 4.78 is 1.48. The highest BCUT2D eigenvalue weighted by Gasteiger charge is 2.24. The molecule has 0 spiro atoms. The van der Waals surface area contributed by atoms with Gasteiger partial charge in [-0.15, -0.1) is 0 Å². The zero-order valence-electron chi connectivity index (χ0n) is 12.1. The molecule has 1 aliphatic carbocycles. The van der Waals surface area contributed by atoms with E-state index in [1.807, 2.05) is 7.05 Å². The van der Waals surface area contributed by atoms with Crippen LogP contribution in [-0.4, -0.2) is 42.8 Å². The quantitative estimate of drug-likeness (QED) is 0.865. The van der Waals surface area contributed by atoms with E-state index in [4.69, 9.17) is 11.6 Å². The molecular weight excluding hydrogens is 290 g/mol. The predicted octanol–water partition coefficient (Wildman–Crippen LogP) is 2.12. The molecule has 0 atom stereocenters. The van der Waals surface area contributed by atoms with Crippen LogP contribution < -0.4 is 4.90 Å². The highest BCUT2D eigenvalue weighted by molar-refractivity contribution is 6.28. The molecule has 2 aromatic heterocycles. The molecule has 1 saturated carbocycles. The van der Waals surface area contributed by atoms with E-state index < -0.39 is 0 Å². The van der Waals surface area contributed by atoms with Gasteiger partial charge in [0.2, 0.25) is 11.2 Å². The molecule has 0 N–H and O–H groups in total. The lowest BCUT2D eigenvalue weighted by molar-refractivity contribution is 0.339. The second-order valence-corrected chi connectivity index (χ2v) is 5.91. The fourth-order valence-corrected chi connectivity index (χ4v) is 2.85. The van der Waals surface area contributed by atoms with E-state index in [2.05, 4.69) is 36.9 Å². The molecule has 8 heteroatoms. The van der Waals surface area contributed by atoms with Crippen molar-refractivity contribution in [3.63, 3.8) is 0 Å². The van der Waals surface area contributed by atoms with Crippen molar-refractivity contribution in [3.8, 4) is 5.95 Å². The second kappa shape index (κ2) is 5.93. The molecule has 7 nitrogen and oxygen atoms in total. The molecule has 112 valence electrons. The highest BCUT2D eigenvalue weighted by Crippen LogP contribution is 2.28. The number of aromatic nitrogens is 6. The minimum atomic E-state index is 0.168. The third kappa shape index (κ3) is 3.12. The van der Waals surface area contributed by atoms with E-state index in [-0.39, 0.29) is 5.28 Å². The number of hydrogen-bond acceptors (Lipinski definition) is 6. The lowest BCUT2D eigenvalue weighted by Crippen LogP contribution is -2.36. The van der Waals surface area contributed by atoms with Gasteiger partial charge in [0.25, 0.3) is 5.95 Å². The summed E-state index contributed by atoms with van der Waals surface area (Å²) in [6, 6.07) is 0.447. The van der Waals surface area contributed by atoms with Crippen molar-refractivity contribution < 1.29 is 0 Å². The molecule has 3 rings (SSSR count). The molecule has 0 unspecified atom stereocenters. The number of hydrogen-bond donors (Lipinski definition) is 0. The smallest absolute Gasteiger partial charge is 0.258 e. The zero-order chi connectivity index (χ0) is 14.8. The first kappa shape index (κ1) is 14.2. The van der Waals surface area contributed by atoms with Crippen LogP contribution in [0.5, 0.6) is 0 Å². The number of halogens is 1. The average Bonchev–Trinajstić information content (AvgIpc) is 3.01. The van der Waals surface area contributed by atoms with Crippen LogP contribution >= 0.6 is 11.6 Å². The van der Waals surface area contributed by atoms with Crippen LogP contribution in [-0.2, 0) is 0 Å². The van der Waals surface area contributed by atoms with E-state index in [1.165, 1.54) is 30.2 Å². The standard InChI is InChI=1S/C13H18ClN7/c1-9-3-5-10(6-4-9)20(2)12-17-11(14)18-13(19-12)21-8-15-7-16-21/h7-10H,3-6H2,1-2H3. The van der Waals surface area contributed by atoms with Crippen molar-refractivity contribution in [3.05, 3.63) is 17.9 Å². The molecule has 21 heavy (non-hydrogen) atoms. The summed E-state index contributed by atoms with van der Waals surface area (Å²) in [6.07, 6.45) is 7.76. The van der Waals surface area contributed by atoms with Gasteiger partial charge in [0, 0.05) is 13.1 Å². The van der Waals surface area contributed by atoms with Crippen LogP contribution in [0.15, 0.2) is 12.7 Å². The van der Waals surface area contributed by atoms with Gasteiger partial charge < -0.3 is 4.90 Å². The van der Waals surface area contributed by atoms with Gasteiger partial charge in [-0.1, -0.05) is 6.92 Å². The van der Waals surface area contributed by atoms with Gasteiger partial charge >= 0.3 is 0 Å². The summed E-state index contributed by atoms with van der Waals surface area (Å²) in [7, 11) is 2.01. The Morgan fingerprint density at radius 2 is 1.95 bits per heavy atom. The summed E-state index contributed by atoms with van der Waals surface area (Å²) in [5.41, 5.74) is 0. The third-order valence-corrected chi connectivity index (χ3v) is 4.23. The Morgan fingerprint density at radius 1 is 1.19 bits per heavy atom. The molecular formula is C13H18ClN7. The monoisotopic (exact) mass is 307 g/mol. The molecule has 0 amide bonds. The van der Waals surface area contributed by atoms with Crippen LogP contribution in [0.3, 0.4) is 0 Å². The Labute approximate surface area is 128 Å². The fourth-order valence-electron chi connectivity index (χ4n) is 2.69. The Balaban J connectivity index is 1.84. The SMILES string of the molecule is CC1CCC(N(C)c2nc(Cl)nc(-n3cncn3)n2)CC1. The van der Waals surface area contributed by atoms with Crippen LogP contribution in [0.25, 0.3) is 5.95 Å². The first-order valence-corrected chi connectivity index (χ1v) is 7.50. The van der Waals surface area contributed by atoms with E-state index in [0.29, 0.717) is 17.9 Å². The fraction of sp³-hybridized carbons (Fsp3) is 0.615. The molecule has 1 aliphatic rings. The molecule has 0 bridgehead atoms. The van der Waals surface area contributed by atoms with Crippen LogP contribution in [0.4, 0.5) is 5.95 Å². The maximum absolute atomic E-state index is 6.02. The molecule has 2 aromatic rings. The van der Waals surface area contributed by atoms with Crippen molar-refractivity contribution in [1.82, 2.24) is 29.7 Å². The molecule has 1 fully saturated rings. The number of nitrogens with zero attached hydrogens (tertiary/aromatic N) is 7. The van der Waals surface area contributed by atoms with Gasteiger partial charge in [0.1, 0.15) is 12.7 Å². The van der Waals surface area contributed by atoms with E-state index in [1.54, 1.807) is 0 Å². The normalized spacial score (nSPS) is 22.2. The summed E-state index contributed by atoms with van der Waals surface area (Å²) in [5, 5.41) is 4.19. The summed E-state index contributed by atoms with van der Waals surface area (Å²) in [4.78, 5) is 18.8. The topological polar surface area (TPSA) is 72.6 Å². The maximum Gasteiger partial charge on any atom is 0.258 e. The lowest BCUT2D eigenvalue weighted by atomic mass is 9.87. The van der Waals surface area contributed by atoms with Crippen LogP contribution in [0.1, 0.15) is 32.6 Å². The van der Waals surface area contributed by atoms with Crippen molar-refractivity contribution in [2.45, 2.75) is 38.6 Å². The largest absolute Gasteiger partial charge is 0.341 e. The van der Waals surface area contributed by atoms with Crippen molar-refractivity contribution in [1.29, 1.82) is 0 Å². The lowest BCUT2D eigenvalue weighted by Gasteiger charge is -2.33. The third-order valence-electron chi connectivity index (χ3n) is 4.06. The number of anilines is 1. The van der Waals surface area contributed by atoms with Crippen molar-refractivity contribution >= 4 is 17.5 Å². The first-order chi connectivity index (χ1) is 10.1. The van der Waals surface area contributed by atoms with Gasteiger partial charge in [0.15, 0.2) is 0 Å². The first-order valence-electron chi connectivity index (χ1n) is 7.13. The molecule has 2 heterocycles. The molecule has 0 aromatic carbocycles. The second-order valence-electron chi connectivity index (χ2n) is 5.57. The van der Waals surface area contributed by atoms with Crippen LogP contribution in [0, 0.1) is 5.92 Å². The molecule has 0 aliphatic heterocycles. The van der Waals surface area contributed by atoms with Gasteiger partial charge in [-0.25, -0.2) is 4.98 Å². The van der Waals surface area contributed by atoms with Crippen LogP contribution in [0.2, 0.25) is 5.28 Å². The average molecular weight is 308 g/mol. The van der Waals surface area contributed by atoms with Gasteiger partial charge in [-0.3, -0.25) is 0 Å². The Hall–Kier alpha value is -1.76. The minimum Gasteiger partial charge on any atom is -0.341 e. The van der Waals surface area contributed by atoms with Crippen molar-refractivity contribution in [2.24, 2.45) is 5.92 Å². The summed E-state index contributed by atoms with van der Waals surface area (Å²) >= 11 is 6.02. The summed E-state index contributed by atoms with van der Waals surface area (Å²) in [6.45, 7) is 2.30. The van der Waals surface area contributed by atoms with Gasteiger partial charge in [0.05, 0.1) is 0 Å².